The summed E-state index contributed by atoms with van der Waals surface area (Å²) in [5.41, 5.74) is 3.41. The van der Waals surface area contributed by atoms with Crippen LogP contribution in [-0.2, 0) is 4.79 Å². The van der Waals surface area contributed by atoms with Crippen molar-refractivity contribution in [1.82, 2.24) is 19.7 Å². The number of nitrogens with zero attached hydrogens (tertiary/aromatic N) is 6. The molecule has 0 radical (unpaired) electrons. The number of nitriles is 1. The molecular formula is C21H20N6OS. The molecule has 0 unspecified atom stereocenters. The minimum atomic E-state index is -0.911. The van der Waals surface area contributed by atoms with Crippen molar-refractivity contribution in [3.8, 4) is 17.3 Å². The summed E-state index contributed by atoms with van der Waals surface area (Å²) in [7, 11) is 0. The van der Waals surface area contributed by atoms with E-state index in [0.29, 0.717) is 18.4 Å². The SMILES string of the molecule is C[C@@H]1CN(c2nc(-c3cnn(C4CC4)c3)cc3ncsc23)C(=O)[C@]1(C#N)C1CC1. The first kappa shape index (κ1) is 17.1. The van der Waals surface area contributed by atoms with E-state index in [-0.39, 0.29) is 17.7 Å². The monoisotopic (exact) mass is 404 g/mol. The van der Waals surface area contributed by atoms with Crippen LogP contribution in [0.4, 0.5) is 5.82 Å². The van der Waals surface area contributed by atoms with E-state index < -0.39 is 5.41 Å². The number of aromatic nitrogens is 4. The molecule has 146 valence electrons. The number of fused-ring (bicyclic) bond motifs is 1. The van der Waals surface area contributed by atoms with Crippen molar-refractivity contribution in [3.05, 3.63) is 24.0 Å². The lowest BCUT2D eigenvalue weighted by Crippen LogP contribution is -2.37. The highest BCUT2D eigenvalue weighted by Gasteiger charge is 2.61. The number of hydrogen-bond donors (Lipinski definition) is 0. The highest BCUT2D eigenvalue weighted by molar-refractivity contribution is 7.17. The minimum Gasteiger partial charge on any atom is -0.294 e. The van der Waals surface area contributed by atoms with Crippen molar-refractivity contribution in [3.63, 3.8) is 0 Å². The average molecular weight is 404 g/mol. The van der Waals surface area contributed by atoms with Gasteiger partial charge in [0.05, 0.1) is 39.7 Å². The molecule has 0 spiro atoms. The average Bonchev–Trinajstić information content (AvgIpc) is 3.64. The van der Waals surface area contributed by atoms with Crippen LogP contribution in [0, 0.1) is 28.6 Å². The van der Waals surface area contributed by atoms with Gasteiger partial charge in [0.25, 0.3) is 0 Å². The van der Waals surface area contributed by atoms with Crippen LogP contribution in [0.15, 0.2) is 24.0 Å². The van der Waals surface area contributed by atoms with Gasteiger partial charge in [-0.3, -0.25) is 14.4 Å². The van der Waals surface area contributed by atoms with Crippen molar-refractivity contribution in [1.29, 1.82) is 5.26 Å². The van der Waals surface area contributed by atoms with Gasteiger partial charge in [-0.15, -0.1) is 11.3 Å². The number of carbonyl (C=O) groups excluding carboxylic acids is 1. The van der Waals surface area contributed by atoms with Gasteiger partial charge < -0.3 is 0 Å². The topological polar surface area (TPSA) is 87.7 Å². The molecule has 3 aliphatic rings. The van der Waals surface area contributed by atoms with Gasteiger partial charge in [-0.25, -0.2) is 9.97 Å². The molecule has 6 rings (SSSR count). The third-order valence-electron chi connectivity index (χ3n) is 6.61. The molecule has 3 aromatic heterocycles. The van der Waals surface area contributed by atoms with E-state index in [4.69, 9.17) is 4.98 Å². The van der Waals surface area contributed by atoms with Crippen LogP contribution >= 0.6 is 11.3 Å². The van der Waals surface area contributed by atoms with Gasteiger partial charge in [-0.2, -0.15) is 10.4 Å². The molecule has 1 aliphatic heterocycles. The van der Waals surface area contributed by atoms with E-state index in [9.17, 15) is 10.1 Å². The van der Waals surface area contributed by atoms with E-state index in [2.05, 4.69) is 16.2 Å². The van der Waals surface area contributed by atoms with Crippen molar-refractivity contribution in [2.24, 2.45) is 17.3 Å². The summed E-state index contributed by atoms with van der Waals surface area (Å²) < 4.78 is 2.90. The summed E-state index contributed by atoms with van der Waals surface area (Å²) in [5.74, 6) is 0.701. The standard InChI is InChI=1S/C21H20N6OS/c1-12-8-26(20(28)21(12,10-22)14-2-3-14)19-18-17(23-11-29-18)6-16(25-19)13-7-24-27(9-13)15-4-5-15/h6-7,9,11-12,14-15H,2-5,8H2,1H3/t12-,21+/m1/s1. The number of rotatable bonds is 4. The Morgan fingerprint density at radius 2 is 2.14 bits per heavy atom. The van der Waals surface area contributed by atoms with Crippen LogP contribution < -0.4 is 4.90 Å². The van der Waals surface area contributed by atoms with Gasteiger partial charge >= 0.3 is 0 Å². The number of amides is 1. The van der Waals surface area contributed by atoms with E-state index in [0.717, 1.165) is 34.3 Å². The number of thiazole rings is 1. The van der Waals surface area contributed by atoms with Crippen LogP contribution in [0.5, 0.6) is 0 Å². The summed E-state index contributed by atoms with van der Waals surface area (Å²) in [6.07, 6.45) is 8.12. The van der Waals surface area contributed by atoms with Crippen LogP contribution in [0.1, 0.15) is 38.6 Å². The van der Waals surface area contributed by atoms with Gasteiger partial charge in [0, 0.05) is 24.2 Å². The molecule has 1 saturated heterocycles. The second kappa shape index (κ2) is 5.86. The Hall–Kier alpha value is -2.79. The highest BCUT2D eigenvalue weighted by atomic mass is 32.1. The van der Waals surface area contributed by atoms with Gasteiger partial charge in [0.1, 0.15) is 5.41 Å². The second-order valence-corrected chi connectivity index (χ2v) is 9.40. The van der Waals surface area contributed by atoms with Gasteiger partial charge in [0.2, 0.25) is 5.91 Å². The summed E-state index contributed by atoms with van der Waals surface area (Å²) >= 11 is 1.49. The van der Waals surface area contributed by atoms with E-state index in [1.54, 1.807) is 10.4 Å². The normalized spacial score (nSPS) is 27.0. The smallest absolute Gasteiger partial charge is 0.249 e. The number of pyridine rings is 1. The van der Waals surface area contributed by atoms with Crippen molar-refractivity contribution < 1.29 is 4.79 Å². The second-order valence-electron chi connectivity index (χ2n) is 8.54. The first-order chi connectivity index (χ1) is 14.1. The lowest BCUT2D eigenvalue weighted by molar-refractivity contribution is -0.124. The molecule has 7 nitrogen and oxygen atoms in total. The Morgan fingerprint density at radius 3 is 2.86 bits per heavy atom. The fourth-order valence-corrected chi connectivity index (χ4v) is 5.44. The predicted octanol–water partition coefficient (Wildman–Crippen LogP) is 3.79. The van der Waals surface area contributed by atoms with Crippen LogP contribution in [0.3, 0.4) is 0 Å². The van der Waals surface area contributed by atoms with Gasteiger partial charge in [0.15, 0.2) is 5.82 Å². The Kier molecular flexibility index (Phi) is 3.46. The van der Waals surface area contributed by atoms with E-state index >= 15 is 0 Å². The van der Waals surface area contributed by atoms with Crippen molar-refractivity contribution in [2.45, 2.75) is 38.6 Å². The molecule has 0 aromatic carbocycles. The summed E-state index contributed by atoms with van der Waals surface area (Å²) in [4.78, 5) is 24.6. The van der Waals surface area contributed by atoms with Crippen LogP contribution in [-0.4, -0.2) is 32.2 Å². The Bertz CT molecular complexity index is 1180. The molecule has 3 aromatic rings. The fraction of sp³-hybridized carbons (Fsp3) is 0.476. The maximum atomic E-state index is 13.5. The molecule has 3 fully saturated rings. The van der Waals surface area contributed by atoms with Crippen molar-refractivity contribution in [2.75, 3.05) is 11.4 Å². The Morgan fingerprint density at radius 1 is 1.31 bits per heavy atom. The van der Waals surface area contributed by atoms with Crippen molar-refractivity contribution >= 4 is 33.3 Å². The summed E-state index contributed by atoms with van der Waals surface area (Å²) in [6.45, 7) is 2.54. The van der Waals surface area contributed by atoms with E-state index in [1.807, 2.05) is 30.1 Å². The molecule has 0 N–H and O–H groups in total. The Labute approximate surface area is 172 Å². The largest absolute Gasteiger partial charge is 0.294 e. The quantitative estimate of drug-likeness (QED) is 0.660. The zero-order valence-corrected chi connectivity index (χ0v) is 16.9. The molecular weight excluding hydrogens is 384 g/mol. The molecule has 0 bridgehead atoms. The fourth-order valence-electron chi connectivity index (χ4n) is 4.67. The molecule has 8 heteroatoms. The maximum absolute atomic E-state index is 13.5. The summed E-state index contributed by atoms with van der Waals surface area (Å²) in [5, 5.41) is 14.4. The molecule has 2 saturated carbocycles. The zero-order valence-electron chi connectivity index (χ0n) is 16.1. The first-order valence-corrected chi connectivity index (χ1v) is 11.0. The van der Waals surface area contributed by atoms with Gasteiger partial charge in [-0.1, -0.05) is 6.92 Å². The third-order valence-corrected chi connectivity index (χ3v) is 7.45. The van der Waals surface area contributed by atoms with E-state index in [1.165, 1.54) is 24.2 Å². The maximum Gasteiger partial charge on any atom is 0.249 e. The first-order valence-electron chi connectivity index (χ1n) is 10.1. The number of carbonyl (C=O) groups is 1. The molecule has 2 aliphatic carbocycles. The van der Waals surface area contributed by atoms with Crippen LogP contribution in [0.25, 0.3) is 21.5 Å². The summed E-state index contributed by atoms with van der Waals surface area (Å²) in [6, 6.07) is 4.87. The molecule has 29 heavy (non-hydrogen) atoms. The highest BCUT2D eigenvalue weighted by Crippen LogP contribution is 2.55. The Balaban J connectivity index is 1.46. The number of hydrogen-bond acceptors (Lipinski definition) is 6. The molecule has 4 heterocycles. The lowest BCUT2D eigenvalue weighted by atomic mass is 9.75. The lowest BCUT2D eigenvalue weighted by Gasteiger charge is -2.22. The predicted molar refractivity (Wildman–Crippen MR) is 109 cm³/mol. The number of anilines is 1. The molecule has 2 atom stereocenters. The van der Waals surface area contributed by atoms with Gasteiger partial charge in [-0.05, 0) is 37.7 Å². The van der Waals surface area contributed by atoms with Crippen LogP contribution in [0.2, 0.25) is 0 Å². The minimum absolute atomic E-state index is 0.0152. The third kappa shape index (κ3) is 2.40. The molecule has 1 amide bonds. The zero-order chi connectivity index (χ0) is 19.8.